The quantitative estimate of drug-likeness (QED) is 0.324. The molecule has 0 saturated carbocycles. The maximum Gasteiger partial charge on any atom is 0.0641 e. The van der Waals surface area contributed by atoms with Crippen LogP contribution in [0.5, 0.6) is 0 Å². The number of unbranched alkanes of at least 4 members (excludes halogenated alkanes) is 13. The topological polar surface area (TPSA) is 40.5 Å². The van der Waals surface area contributed by atoms with E-state index in [-0.39, 0.29) is 6.61 Å². The van der Waals surface area contributed by atoms with Gasteiger partial charge in [-0.2, -0.15) is 0 Å². The molecule has 134 valence electrons. The fraction of sp³-hybridized carbons (Fsp3) is 1.00. The van der Waals surface area contributed by atoms with Gasteiger partial charge >= 0.3 is 0 Å². The van der Waals surface area contributed by atoms with Gasteiger partial charge in [-0.05, 0) is 19.8 Å². The van der Waals surface area contributed by atoms with E-state index in [9.17, 15) is 5.11 Å². The highest BCUT2D eigenvalue weighted by Crippen LogP contribution is 2.19. The van der Waals surface area contributed by atoms with Crippen molar-refractivity contribution < 1.29 is 10.2 Å². The van der Waals surface area contributed by atoms with Crippen LogP contribution in [0.1, 0.15) is 117 Å². The Hall–Kier alpha value is -0.0800. The average Bonchev–Trinajstić information content (AvgIpc) is 2.47. The van der Waals surface area contributed by atoms with Crippen molar-refractivity contribution in [3.8, 4) is 0 Å². The zero-order valence-electron chi connectivity index (χ0n) is 15.4. The lowest BCUT2D eigenvalue weighted by Crippen LogP contribution is -2.25. The average molecular weight is 315 g/mol. The second-order valence-electron chi connectivity index (χ2n) is 7.32. The molecular formula is C20H42O2. The molecule has 0 aromatic rings. The molecule has 2 heteroatoms. The molecule has 2 nitrogen and oxygen atoms in total. The predicted octanol–water partition coefficient (Wildman–Crippen LogP) is 5.99. The first kappa shape index (κ1) is 21.9. The smallest absolute Gasteiger partial charge is 0.0641 e. The third-order valence-corrected chi connectivity index (χ3v) is 4.72. The zero-order valence-corrected chi connectivity index (χ0v) is 15.4. The summed E-state index contributed by atoms with van der Waals surface area (Å²) in [6.45, 7) is 4.20. The van der Waals surface area contributed by atoms with E-state index in [1.54, 1.807) is 0 Å². The molecule has 0 heterocycles. The van der Waals surface area contributed by atoms with Gasteiger partial charge in [0.15, 0.2) is 0 Å². The van der Waals surface area contributed by atoms with Crippen LogP contribution in [0.4, 0.5) is 0 Å². The molecule has 0 fully saturated rings. The summed E-state index contributed by atoms with van der Waals surface area (Å²) in [7, 11) is 0. The van der Waals surface area contributed by atoms with Crippen LogP contribution in [0.15, 0.2) is 0 Å². The first-order valence-corrected chi connectivity index (χ1v) is 9.95. The van der Waals surface area contributed by atoms with Crippen molar-refractivity contribution in [2.24, 2.45) is 0 Å². The van der Waals surface area contributed by atoms with Crippen molar-refractivity contribution in [1.82, 2.24) is 0 Å². The van der Waals surface area contributed by atoms with E-state index in [0.717, 1.165) is 12.8 Å². The van der Waals surface area contributed by atoms with Crippen molar-refractivity contribution in [3.05, 3.63) is 0 Å². The minimum Gasteiger partial charge on any atom is -0.396 e. The second kappa shape index (κ2) is 15.8. The largest absolute Gasteiger partial charge is 0.396 e. The van der Waals surface area contributed by atoms with Gasteiger partial charge in [0.25, 0.3) is 0 Å². The first-order valence-electron chi connectivity index (χ1n) is 9.95. The van der Waals surface area contributed by atoms with E-state index in [0.29, 0.717) is 6.42 Å². The predicted molar refractivity (Wildman–Crippen MR) is 97.3 cm³/mol. The van der Waals surface area contributed by atoms with Crippen molar-refractivity contribution >= 4 is 0 Å². The van der Waals surface area contributed by atoms with Crippen LogP contribution in [0.3, 0.4) is 0 Å². The number of hydrogen-bond acceptors (Lipinski definition) is 2. The molecule has 22 heavy (non-hydrogen) atoms. The summed E-state index contributed by atoms with van der Waals surface area (Å²) in [5.74, 6) is 0. The summed E-state index contributed by atoms with van der Waals surface area (Å²) in [6, 6.07) is 0. The first-order chi connectivity index (χ1) is 10.6. The molecule has 0 spiro atoms. The number of aliphatic hydroxyl groups excluding tert-OH is 1. The van der Waals surface area contributed by atoms with Crippen LogP contribution in [0, 0.1) is 0 Å². The molecule has 2 N–H and O–H groups in total. The Kier molecular flexibility index (Phi) is 15.7. The van der Waals surface area contributed by atoms with E-state index >= 15 is 0 Å². The van der Waals surface area contributed by atoms with Crippen LogP contribution in [-0.4, -0.2) is 22.4 Å². The number of rotatable bonds is 17. The third kappa shape index (κ3) is 16.3. The van der Waals surface area contributed by atoms with E-state index in [4.69, 9.17) is 5.11 Å². The van der Waals surface area contributed by atoms with E-state index < -0.39 is 5.60 Å². The molecule has 0 bridgehead atoms. The molecule has 0 radical (unpaired) electrons. The lowest BCUT2D eigenvalue weighted by atomic mass is 9.94. The molecular weight excluding hydrogens is 272 g/mol. The van der Waals surface area contributed by atoms with Gasteiger partial charge in [0.05, 0.1) is 5.60 Å². The maximum absolute atomic E-state index is 9.95. The minimum atomic E-state index is -0.661. The van der Waals surface area contributed by atoms with Crippen LogP contribution < -0.4 is 0 Å². The normalized spacial score (nSPS) is 14.2. The molecule has 0 aliphatic carbocycles. The molecule has 0 aliphatic heterocycles. The monoisotopic (exact) mass is 314 g/mol. The summed E-state index contributed by atoms with van der Waals surface area (Å²) in [6.07, 6.45) is 20.4. The maximum atomic E-state index is 9.95. The zero-order chi connectivity index (χ0) is 16.5. The number of aliphatic hydroxyl groups is 2. The van der Waals surface area contributed by atoms with E-state index in [1.165, 1.54) is 83.5 Å². The highest BCUT2D eigenvalue weighted by atomic mass is 16.3. The summed E-state index contributed by atoms with van der Waals surface area (Å²) < 4.78 is 0. The third-order valence-electron chi connectivity index (χ3n) is 4.72. The summed E-state index contributed by atoms with van der Waals surface area (Å²) in [5.41, 5.74) is -0.661. The minimum absolute atomic E-state index is 0.0889. The molecule has 0 rings (SSSR count). The Morgan fingerprint density at radius 1 is 0.591 bits per heavy atom. The van der Waals surface area contributed by atoms with Gasteiger partial charge in [0.2, 0.25) is 0 Å². The lowest BCUT2D eigenvalue weighted by molar-refractivity contribution is 0.0232. The van der Waals surface area contributed by atoms with Gasteiger partial charge < -0.3 is 10.2 Å². The van der Waals surface area contributed by atoms with Gasteiger partial charge in [0.1, 0.15) is 0 Å². The van der Waals surface area contributed by atoms with Gasteiger partial charge in [-0.15, -0.1) is 0 Å². The summed E-state index contributed by atoms with van der Waals surface area (Å²) in [5, 5.41) is 18.8. The van der Waals surface area contributed by atoms with Crippen LogP contribution >= 0.6 is 0 Å². The highest BCUT2D eigenvalue weighted by molar-refractivity contribution is 4.71. The van der Waals surface area contributed by atoms with Crippen molar-refractivity contribution in [2.75, 3.05) is 6.61 Å². The molecule has 0 aromatic heterocycles. The van der Waals surface area contributed by atoms with Crippen molar-refractivity contribution in [2.45, 2.75) is 122 Å². The van der Waals surface area contributed by atoms with Gasteiger partial charge in [0, 0.05) is 6.61 Å². The molecule has 0 saturated heterocycles. The Morgan fingerprint density at radius 2 is 0.955 bits per heavy atom. The standard InChI is InChI=1S/C20H42O2/c1-3-4-5-6-7-8-9-10-11-12-13-14-15-16-17-20(2,22)18-19-21/h21-22H,3-19H2,1-2H3. The fourth-order valence-corrected chi connectivity index (χ4v) is 3.07. The van der Waals surface area contributed by atoms with Gasteiger partial charge in [-0.1, -0.05) is 96.8 Å². The molecule has 0 amide bonds. The van der Waals surface area contributed by atoms with E-state index in [2.05, 4.69) is 6.92 Å². The van der Waals surface area contributed by atoms with Gasteiger partial charge in [-0.25, -0.2) is 0 Å². The fourth-order valence-electron chi connectivity index (χ4n) is 3.07. The van der Waals surface area contributed by atoms with E-state index in [1.807, 2.05) is 6.92 Å². The Labute approximate surface area is 139 Å². The van der Waals surface area contributed by atoms with Gasteiger partial charge in [-0.3, -0.25) is 0 Å². The Balaban J connectivity index is 3.11. The highest BCUT2D eigenvalue weighted by Gasteiger charge is 2.18. The lowest BCUT2D eigenvalue weighted by Gasteiger charge is -2.21. The van der Waals surface area contributed by atoms with Crippen molar-refractivity contribution in [1.29, 1.82) is 0 Å². The SMILES string of the molecule is CCCCCCCCCCCCCCCCC(C)(O)CCO. The van der Waals surface area contributed by atoms with Crippen molar-refractivity contribution in [3.63, 3.8) is 0 Å². The molecule has 0 aromatic carbocycles. The molecule has 0 aliphatic rings. The number of hydrogen-bond donors (Lipinski definition) is 2. The second-order valence-corrected chi connectivity index (χ2v) is 7.32. The Bertz CT molecular complexity index is 214. The molecule has 1 atom stereocenters. The summed E-state index contributed by atoms with van der Waals surface area (Å²) >= 11 is 0. The summed E-state index contributed by atoms with van der Waals surface area (Å²) in [4.78, 5) is 0. The van der Waals surface area contributed by atoms with Crippen LogP contribution in [0.2, 0.25) is 0 Å². The van der Waals surface area contributed by atoms with Crippen LogP contribution in [-0.2, 0) is 0 Å². The van der Waals surface area contributed by atoms with Crippen LogP contribution in [0.25, 0.3) is 0 Å². The molecule has 1 unspecified atom stereocenters. The Morgan fingerprint density at radius 3 is 1.32 bits per heavy atom.